The summed E-state index contributed by atoms with van der Waals surface area (Å²) in [5.74, 6) is 1.90. The van der Waals surface area contributed by atoms with Gasteiger partial charge in [-0.2, -0.15) is 0 Å². The van der Waals surface area contributed by atoms with Crippen molar-refractivity contribution in [2.75, 3.05) is 13.2 Å². The molecule has 0 amide bonds. The summed E-state index contributed by atoms with van der Waals surface area (Å²) >= 11 is 0. The van der Waals surface area contributed by atoms with Crippen molar-refractivity contribution < 1.29 is 4.74 Å². The van der Waals surface area contributed by atoms with Crippen LogP contribution in [0.5, 0.6) is 5.75 Å². The minimum absolute atomic E-state index is 0.650. The number of nitrogens with one attached hydrogen (secondary N) is 1. The zero-order valence-electron chi connectivity index (χ0n) is 10.7. The molecule has 1 N–H and O–H groups in total. The largest absolute Gasteiger partial charge is 0.494 e. The molecule has 2 rings (SSSR count). The number of benzene rings is 1. The summed E-state index contributed by atoms with van der Waals surface area (Å²) in [6.45, 7) is 4.29. The summed E-state index contributed by atoms with van der Waals surface area (Å²) in [5.41, 5.74) is 0. The van der Waals surface area contributed by atoms with E-state index in [2.05, 4.69) is 12.2 Å². The molecule has 2 nitrogen and oxygen atoms in total. The molecule has 2 heteroatoms. The van der Waals surface area contributed by atoms with Crippen molar-refractivity contribution in [2.24, 2.45) is 5.92 Å². The smallest absolute Gasteiger partial charge is 0.119 e. The van der Waals surface area contributed by atoms with Crippen molar-refractivity contribution in [1.82, 2.24) is 5.32 Å². The van der Waals surface area contributed by atoms with Crippen LogP contribution in [-0.4, -0.2) is 19.2 Å². The molecule has 0 saturated carbocycles. The molecular weight excluding hydrogens is 210 g/mol. The lowest BCUT2D eigenvalue weighted by atomic mass is 9.89. The predicted molar refractivity (Wildman–Crippen MR) is 71.4 cm³/mol. The highest BCUT2D eigenvalue weighted by atomic mass is 16.5. The number of ether oxygens (including phenoxy) is 1. The maximum atomic E-state index is 5.74. The van der Waals surface area contributed by atoms with Gasteiger partial charge >= 0.3 is 0 Å². The standard InChI is InChI=1S/C15H23NO/c1-2-13-8-10-16-14(12-13)9-11-17-15-6-4-3-5-7-15/h3-7,13-14,16H,2,8-12H2,1H3. The maximum Gasteiger partial charge on any atom is 0.119 e. The average Bonchev–Trinajstić information content (AvgIpc) is 2.40. The first kappa shape index (κ1) is 12.4. The summed E-state index contributed by atoms with van der Waals surface area (Å²) in [6.07, 6.45) is 5.09. The molecule has 1 fully saturated rings. The van der Waals surface area contributed by atoms with Crippen molar-refractivity contribution in [3.8, 4) is 5.75 Å². The van der Waals surface area contributed by atoms with E-state index in [9.17, 15) is 0 Å². The van der Waals surface area contributed by atoms with Gasteiger partial charge in [-0.15, -0.1) is 0 Å². The number of rotatable bonds is 5. The quantitative estimate of drug-likeness (QED) is 0.843. The summed E-state index contributed by atoms with van der Waals surface area (Å²) in [6, 6.07) is 10.7. The number of para-hydroxylation sites is 1. The van der Waals surface area contributed by atoms with Crippen LogP contribution in [-0.2, 0) is 0 Å². The molecule has 17 heavy (non-hydrogen) atoms. The van der Waals surface area contributed by atoms with Crippen LogP contribution in [0, 0.1) is 5.92 Å². The molecular formula is C15H23NO. The summed E-state index contributed by atoms with van der Waals surface area (Å²) in [4.78, 5) is 0. The summed E-state index contributed by atoms with van der Waals surface area (Å²) < 4.78 is 5.74. The van der Waals surface area contributed by atoms with Crippen molar-refractivity contribution in [1.29, 1.82) is 0 Å². The van der Waals surface area contributed by atoms with E-state index in [1.165, 1.54) is 25.8 Å². The number of hydrogen-bond acceptors (Lipinski definition) is 2. The van der Waals surface area contributed by atoms with Crippen LogP contribution >= 0.6 is 0 Å². The fraction of sp³-hybridized carbons (Fsp3) is 0.600. The molecule has 0 bridgehead atoms. The molecule has 0 spiro atoms. The first-order chi connectivity index (χ1) is 8.38. The van der Waals surface area contributed by atoms with Crippen LogP contribution < -0.4 is 10.1 Å². The lowest BCUT2D eigenvalue weighted by Gasteiger charge is -2.29. The van der Waals surface area contributed by atoms with E-state index in [-0.39, 0.29) is 0 Å². The monoisotopic (exact) mass is 233 g/mol. The van der Waals surface area contributed by atoms with Gasteiger partial charge in [-0.1, -0.05) is 31.5 Å². The lowest BCUT2D eigenvalue weighted by molar-refractivity contribution is 0.236. The van der Waals surface area contributed by atoms with Crippen LogP contribution in [0.2, 0.25) is 0 Å². The van der Waals surface area contributed by atoms with Gasteiger partial charge in [0.2, 0.25) is 0 Å². The van der Waals surface area contributed by atoms with E-state index < -0.39 is 0 Å². The van der Waals surface area contributed by atoms with Crippen LogP contribution in [0.1, 0.15) is 32.6 Å². The van der Waals surface area contributed by atoms with E-state index in [0.717, 1.165) is 24.7 Å². The Bertz CT molecular complexity index is 312. The molecule has 0 aliphatic carbocycles. The summed E-state index contributed by atoms with van der Waals surface area (Å²) in [7, 11) is 0. The molecule has 1 heterocycles. The Morgan fingerprint density at radius 3 is 2.88 bits per heavy atom. The fourth-order valence-electron chi connectivity index (χ4n) is 2.52. The van der Waals surface area contributed by atoms with E-state index >= 15 is 0 Å². The third-order valence-corrected chi connectivity index (χ3v) is 3.66. The summed E-state index contributed by atoms with van der Waals surface area (Å²) in [5, 5.41) is 3.59. The fourth-order valence-corrected chi connectivity index (χ4v) is 2.52. The maximum absolute atomic E-state index is 5.74. The Kier molecular flexibility index (Phi) is 4.87. The minimum atomic E-state index is 0.650. The van der Waals surface area contributed by atoms with Gasteiger partial charge in [0.1, 0.15) is 5.75 Å². The highest BCUT2D eigenvalue weighted by Crippen LogP contribution is 2.21. The zero-order chi connectivity index (χ0) is 11.9. The first-order valence-electron chi connectivity index (χ1n) is 6.79. The molecule has 1 aliphatic heterocycles. The van der Waals surface area contributed by atoms with Crippen LogP contribution in [0.25, 0.3) is 0 Å². The van der Waals surface area contributed by atoms with Crippen LogP contribution in [0.4, 0.5) is 0 Å². The topological polar surface area (TPSA) is 21.3 Å². The molecule has 1 aromatic rings. The van der Waals surface area contributed by atoms with Gasteiger partial charge in [0.05, 0.1) is 6.61 Å². The van der Waals surface area contributed by atoms with Crippen molar-refractivity contribution in [3.05, 3.63) is 30.3 Å². The van der Waals surface area contributed by atoms with Crippen molar-refractivity contribution >= 4 is 0 Å². The van der Waals surface area contributed by atoms with Gasteiger partial charge in [0.15, 0.2) is 0 Å². The molecule has 1 aliphatic rings. The molecule has 0 radical (unpaired) electrons. The van der Waals surface area contributed by atoms with E-state index in [1.54, 1.807) is 0 Å². The Morgan fingerprint density at radius 2 is 2.12 bits per heavy atom. The second-order valence-electron chi connectivity index (χ2n) is 4.90. The number of hydrogen-bond donors (Lipinski definition) is 1. The second kappa shape index (κ2) is 6.65. The van der Waals surface area contributed by atoms with E-state index in [0.29, 0.717) is 6.04 Å². The molecule has 1 aromatic carbocycles. The van der Waals surface area contributed by atoms with E-state index in [4.69, 9.17) is 4.74 Å². The van der Waals surface area contributed by atoms with Gasteiger partial charge in [0.25, 0.3) is 0 Å². The van der Waals surface area contributed by atoms with Crippen molar-refractivity contribution in [3.63, 3.8) is 0 Å². The Morgan fingerprint density at radius 1 is 1.29 bits per heavy atom. The highest BCUT2D eigenvalue weighted by Gasteiger charge is 2.19. The molecule has 2 atom stereocenters. The van der Waals surface area contributed by atoms with Gasteiger partial charge in [-0.3, -0.25) is 0 Å². The lowest BCUT2D eigenvalue weighted by Crippen LogP contribution is -2.38. The first-order valence-corrected chi connectivity index (χ1v) is 6.79. The molecule has 94 valence electrons. The Labute approximate surface area is 104 Å². The van der Waals surface area contributed by atoms with Gasteiger partial charge in [0, 0.05) is 6.04 Å². The van der Waals surface area contributed by atoms with E-state index in [1.807, 2.05) is 30.3 Å². The second-order valence-corrected chi connectivity index (χ2v) is 4.90. The Hall–Kier alpha value is -1.02. The van der Waals surface area contributed by atoms with Crippen LogP contribution in [0.15, 0.2) is 30.3 Å². The molecule has 1 saturated heterocycles. The minimum Gasteiger partial charge on any atom is -0.494 e. The highest BCUT2D eigenvalue weighted by molar-refractivity contribution is 5.20. The zero-order valence-corrected chi connectivity index (χ0v) is 10.7. The Balaban J connectivity index is 1.68. The van der Waals surface area contributed by atoms with Gasteiger partial charge < -0.3 is 10.1 Å². The number of piperidine rings is 1. The SMILES string of the molecule is CCC1CCNC(CCOc2ccccc2)C1. The average molecular weight is 233 g/mol. The van der Waals surface area contributed by atoms with Crippen molar-refractivity contribution in [2.45, 2.75) is 38.6 Å². The predicted octanol–water partition coefficient (Wildman–Crippen LogP) is 3.23. The molecule has 2 unspecified atom stereocenters. The van der Waals surface area contributed by atoms with Gasteiger partial charge in [-0.05, 0) is 43.9 Å². The molecule has 0 aromatic heterocycles. The van der Waals surface area contributed by atoms with Gasteiger partial charge in [-0.25, -0.2) is 0 Å². The van der Waals surface area contributed by atoms with Crippen LogP contribution in [0.3, 0.4) is 0 Å². The third kappa shape index (κ3) is 4.04. The normalized spacial score (nSPS) is 24.5. The third-order valence-electron chi connectivity index (χ3n) is 3.66.